The zero-order valence-corrected chi connectivity index (χ0v) is 9.10. The van der Waals surface area contributed by atoms with Crippen LogP contribution in [0.2, 0.25) is 0 Å². The van der Waals surface area contributed by atoms with Crippen molar-refractivity contribution < 1.29 is 19.6 Å². The molecule has 1 atom stereocenters. The van der Waals surface area contributed by atoms with E-state index >= 15 is 0 Å². The summed E-state index contributed by atoms with van der Waals surface area (Å²) < 4.78 is 5.15. The molecule has 1 unspecified atom stereocenters. The number of ether oxygens (including phenoxy) is 1. The predicted molar refractivity (Wildman–Crippen MR) is 56.7 cm³/mol. The largest absolute Gasteiger partial charge is 0.485 e. The first-order chi connectivity index (χ1) is 6.81. The second kappa shape index (κ2) is 4.20. The van der Waals surface area contributed by atoms with Gasteiger partial charge in [-0.2, -0.15) is 0 Å². The number of esters is 1. The van der Waals surface area contributed by atoms with E-state index in [1.165, 1.54) is 6.08 Å². The molecule has 0 bridgehead atoms. The summed E-state index contributed by atoms with van der Waals surface area (Å²) in [6.45, 7) is 5.30. The highest BCUT2D eigenvalue weighted by Gasteiger charge is 2.33. The number of allylic oxidation sites excluding steroid dienone is 2. The average Bonchev–Trinajstić information content (AvgIpc) is 2.47. The number of hydrogen-bond donors (Lipinski definition) is 2. The van der Waals surface area contributed by atoms with Gasteiger partial charge in [0.15, 0.2) is 0 Å². The molecule has 0 saturated carbocycles. The van der Waals surface area contributed by atoms with Crippen molar-refractivity contribution in [3.05, 3.63) is 23.7 Å². The van der Waals surface area contributed by atoms with Crippen molar-refractivity contribution >= 4 is 13.1 Å². The Balaban J connectivity index is 2.69. The summed E-state index contributed by atoms with van der Waals surface area (Å²) >= 11 is 0. The minimum Gasteiger partial charge on any atom is -0.459 e. The first-order valence-corrected chi connectivity index (χ1v) is 4.78. The predicted octanol–water partition coefficient (Wildman–Crippen LogP) is 0.452. The molecular formula is C10H15BO4. The lowest BCUT2D eigenvalue weighted by atomic mass is 9.73. The Morgan fingerprint density at radius 3 is 2.53 bits per heavy atom. The molecule has 0 amide bonds. The lowest BCUT2D eigenvalue weighted by molar-refractivity contribution is -0.156. The maximum absolute atomic E-state index is 11.6. The van der Waals surface area contributed by atoms with E-state index in [2.05, 4.69) is 0 Å². The zero-order valence-electron chi connectivity index (χ0n) is 9.10. The molecule has 15 heavy (non-hydrogen) atoms. The first kappa shape index (κ1) is 12.0. The van der Waals surface area contributed by atoms with Gasteiger partial charge in [0.05, 0.1) is 5.92 Å². The van der Waals surface area contributed by atoms with Gasteiger partial charge >= 0.3 is 13.1 Å². The van der Waals surface area contributed by atoms with Crippen molar-refractivity contribution in [2.45, 2.75) is 26.4 Å². The van der Waals surface area contributed by atoms with E-state index in [9.17, 15) is 4.79 Å². The van der Waals surface area contributed by atoms with Gasteiger partial charge in [0, 0.05) is 0 Å². The Morgan fingerprint density at radius 2 is 2.07 bits per heavy atom. The van der Waals surface area contributed by atoms with Crippen LogP contribution in [-0.4, -0.2) is 28.7 Å². The van der Waals surface area contributed by atoms with Gasteiger partial charge in [-0.3, -0.25) is 4.79 Å². The molecule has 2 N–H and O–H groups in total. The van der Waals surface area contributed by atoms with Crippen molar-refractivity contribution in [1.82, 2.24) is 0 Å². The minimum absolute atomic E-state index is 0.254. The topological polar surface area (TPSA) is 66.8 Å². The van der Waals surface area contributed by atoms with E-state index in [0.29, 0.717) is 0 Å². The highest BCUT2D eigenvalue weighted by Crippen LogP contribution is 2.23. The van der Waals surface area contributed by atoms with Crippen LogP contribution in [0.15, 0.2) is 23.7 Å². The summed E-state index contributed by atoms with van der Waals surface area (Å²) in [5.41, 5.74) is -0.316. The molecule has 0 aromatic rings. The smallest absolute Gasteiger partial charge is 0.459 e. The fraction of sp³-hybridized carbons (Fsp3) is 0.500. The van der Waals surface area contributed by atoms with Gasteiger partial charge in [0.25, 0.3) is 0 Å². The molecule has 0 spiro atoms. The van der Waals surface area contributed by atoms with E-state index in [4.69, 9.17) is 14.8 Å². The Kier molecular flexibility index (Phi) is 3.37. The minimum atomic E-state index is -1.61. The number of carbonyl (C=O) groups excluding carboxylic acids is 1. The average molecular weight is 210 g/mol. The molecule has 1 aliphatic rings. The van der Waals surface area contributed by atoms with Crippen molar-refractivity contribution in [2.75, 3.05) is 0 Å². The Morgan fingerprint density at radius 1 is 1.47 bits per heavy atom. The second-order valence-corrected chi connectivity index (χ2v) is 4.44. The number of carbonyl (C=O) groups is 1. The van der Waals surface area contributed by atoms with Crippen LogP contribution in [0.1, 0.15) is 20.8 Å². The zero-order chi connectivity index (χ0) is 11.6. The molecule has 1 aliphatic carbocycles. The van der Waals surface area contributed by atoms with E-state index in [1.54, 1.807) is 32.9 Å². The number of hydrogen-bond acceptors (Lipinski definition) is 4. The molecule has 0 aliphatic heterocycles. The molecule has 0 saturated heterocycles. The van der Waals surface area contributed by atoms with Gasteiger partial charge in [-0.1, -0.05) is 18.2 Å². The summed E-state index contributed by atoms with van der Waals surface area (Å²) in [6, 6.07) is 0. The summed E-state index contributed by atoms with van der Waals surface area (Å²) in [5.74, 6) is -1.14. The third-order valence-corrected chi connectivity index (χ3v) is 1.91. The van der Waals surface area contributed by atoms with Gasteiger partial charge < -0.3 is 14.8 Å². The third-order valence-electron chi connectivity index (χ3n) is 1.91. The van der Waals surface area contributed by atoms with Crippen LogP contribution in [0, 0.1) is 5.92 Å². The normalized spacial score (nSPS) is 20.1. The van der Waals surface area contributed by atoms with Crippen molar-refractivity contribution in [3.8, 4) is 0 Å². The highest BCUT2D eigenvalue weighted by molar-refractivity contribution is 6.51. The Labute approximate surface area is 89.4 Å². The Hall–Kier alpha value is -1.07. The fourth-order valence-corrected chi connectivity index (χ4v) is 1.32. The fourth-order valence-electron chi connectivity index (χ4n) is 1.32. The molecule has 4 nitrogen and oxygen atoms in total. The standard InChI is InChI=1S/C10H15BO4/c1-10(2,3)15-9(12)7-5-4-6-8(7)11(13)14/h4-7,13-14H,1-3H3. The Bertz CT molecular complexity index is 312. The summed E-state index contributed by atoms with van der Waals surface area (Å²) in [7, 11) is -1.61. The van der Waals surface area contributed by atoms with Gasteiger partial charge in [0.2, 0.25) is 0 Å². The number of rotatable bonds is 2. The molecule has 0 radical (unpaired) electrons. The maximum Gasteiger partial charge on any atom is 0.485 e. The summed E-state index contributed by atoms with van der Waals surface area (Å²) in [6.07, 6.45) is 4.71. The quantitative estimate of drug-likeness (QED) is 0.513. The second-order valence-electron chi connectivity index (χ2n) is 4.44. The van der Waals surface area contributed by atoms with Crippen LogP contribution in [0.4, 0.5) is 0 Å². The van der Waals surface area contributed by atoms with Crippen LogP contribution in [0.25, 0.3) is 0 Å². The molecule has 0 aromatic carbocycles. The van der Waals surface area contributed by atoms with Crippen LogP contribution in [0.3, 0.4) is 0 Å². The van der Waals surface area contributed by atoms with Gasteiger partial charge in [-0.25, -0.2) is 0 Å². The van der Waals surface area contributed by atoms with E-state index in [1.807, 2.05) is 0 Å². The van der Waals surface area contributed by atoms with Crippen molar-refractivity contribution in [1.29, 1.82) is 0 Å². The maximum atomic E-state index is 11.6. The van der Waals surface area contributed by atoms with Crippen LogP contribution < -0.4 is 0 Å². The van der Waals surface area contributed by atoms with Gasteiger partial charge in [-0.05, 0) is 26.2 Å². The molecule has 0 aromatic heterocycles. The first-order valence-electron chi connectivity index (χ1n) is 4.78. The van der Waals surface area contributed by atoms with Crippen molar-refractivity contribution in [3.63, 3.8) is 0 Å². The highest BCUT2D eigenvalue weighted by atomic mass is 16.6. The van der Waals surface area contributed by atoms with Gasteiger partial charge in [-0.15, -0.1) is 0 Å². The molecule has 82 valence electrons. The molecule has 1 rings (SSSR count). The van der Waals surface area contributed by atoms with Crippen LogP contribution in [-0.2, 0) is 9.53 Å². The molecule has 0 heterocycles. The van der Waals surface area contributed by atoms with E-state index < -0.39 is 24.6 Å². The van der Waals surface area contributed by atoms with Gasteiger partial charge in [0.1, 0.15) is 5.60 Å². The molecule has 0 fully saturated rings. The third kappa shape index (κ3) is 3.21. The SMILES string of the molecule is CC(C)(C)OC(=O)C1C=CC=C1B(O)O. The molecule has 5 heteroatoms. The lowest BCUT2D eigenvalue weighted by Crippen LogP contribution is -2.32. The van der Waals surface area contributed by atoms with Crippen LogP contribution >= 0.6 is 0 Å². The lowest BCUT2D eigenvalue weighted by Gasteiger charge is -2.22. The summed E-state index contributed by atoms with van der Waals surface area (Å²) in [4.78, 5) is 11.6. The molecular weight excluding hydrogens is 195 g/mol. The van der Waals surface area contributed by atoms with Crippen LogP contribution in [0.5, 0.6) is 0 Å². The van der Waals surface area contributed by atoms with E-state index in [-0.39, 0.29) is 5.47 Å². The summed E-state index contributed by atoms with van der Waals surface area (Å²) in [5, 5.41) is 18.0. The monoisotopic (exact) mass is 210 g/mol. The van der Waals surface area contributed by atoms with Crippen molar-refractivity contribution in [2.24, 2.45) is 5.92 Å². The van der Waals surface area contributed by atoms with E-state index in [0.717, 1.165) is 0 Å².